The second kappa shape index (κ2) is 4.65. The number of allylic oxidation sites excluding steroid dienone is 1. The van der Waals surface area contributed by atoms with Crippen molar-refractivity contribution in [2.24, 2.45) is 0 Å². The van der Waals surface area contributed by atoms with Gasteiger partial charge in [0.05, 0.1) is 7.11 Å². The van der Waals surface area contributed by atoms with Gasteiger partial charge in [-0.3, -0.25) is 4.98 Å². The summed E-state index contributed by atoms with van der Waals surface area (Å²) in [4.78, 5) is 4.15. The van der Waals surface area contributed by atoms with Crippen molar-refractivity contribution in [1.29, 1.82) is 0 Å². The number of ether oxygens (including phenoxy) is 1. The first-order valence-electron chi connectivity index (χ1n) is 6.15. The van der Waals surface area contributed by atoms with E-state index in [9.17, 15) is 0 Å². The van der Waals surface area contributed by atoms with Crippen LogP contribution in [-0.2, 0) is 6.42 Å². The molecule has 18 heavy (non-hydrogen) atoms. The van der Waals surface area contributed by atoms with Gasteiger partial charge in [0.15, 0.2) is 0 Å². The SMILES string of the molecule is COc1ccc2c(c1)CC/C2=C/c1cccnc1. The number of fused-ring (bicyclic) bond motifs is 1. The average Bonchev–Trinajstić information content (AvgIpc) is 2.82. The fourth-order valence-electron chi connectivity index (χ4n) is 2.43. The van der Waals surface area contributed by atoms with Crippen molar-refractivity contribution in [2.75, 3.05) is 7.11 Å². The normalized spacial score (nSPS) is 15.7. The highest BCUT2D eigenvalue weighted by Gasteiger charge is 2.16. The summed E-state index contributed by atoms with van der Waals surface area (Å²) in [6.07, 6.45) is 8.12. The molecule has 0 unspecified atom stereocenters. The summed E-state index contributed by atoms with van der Waals surface area (Å²) in [6.45, 7) is 0. The van der Waals surface area contributed by atoms with Crippen molar-refractivity contribution in [3.63, 3.8) is 0 Å². The van der Waals surface area contributed by atoms with Crippen LogP contribution in [-0.4, -0.2) is 12.1 Å². The minimum Gasteiger partial charge on any atom is -0.497 e. The molecular formula is C16H15NO. The summed E-state index contributed by atoms with van der Waals surface area (Å²) in [7, 11) is 1.71. The number of nitrogens with zero attached hydrogens (tertiary/aromatic N) is 1. The van der Waals surface area contributed by atoms with E-state index in [-0.39, 0.29) is 0 Å². The van der Waals surface area contributed by atoms with E-state index in [1.807, 2.05) is 18.3 Å². The molecule has 0 radical (unpaired) electrons. The lowest BCUT2D eigenvalue weighted by Crippen LogP contribution is -1.86. The van der Waals surface area contributed by atoms with Crippen LogP contribution >= 0.6 is 0 Å². The van der Waals surface area contributed by atoms with E-state index in [1.54, 1.807) is 13.3 Å². The highest BCUT2D eigenvalue weighted by Crippen LogP contribution is 2.35. The number of hydrogen-bond donors (Lipinski definition) is 0. The second-order valence-corrected chi connectivity index (χ2v) is 4.48. The maximum atomic E-state index is 5.26. The minimum absolute atomic E-state index is 0.941. The van der Waals surface area contributed by atoms with Crippen LogP contribution in [0.3, 0.4) is 0 Å². The summed E-state index contributed by atoms with van der Waals surface area (Å²) in [5.41, 5.74) is 5.28. The molecule has 2 heteroatoms. The maximum absolute atomic E-state index is 5.26. The Labute approximate surface area is 107 Å². The second-order valence-electron chi connectivity index (χ2n) is 4.48. The van der Waals surface area contributed by atoms with Gasteiger partial charge < -0.3 is 4.74 Å². The van der Waals surface area contributed by atoms with Crippen molar-refractivity contribution in [1.82, 2.24) is 4.98 Å². The van der Waals surface area contributed by atoms with Gasteiger partial charge in [-0.25, -0.2) is 0 Å². The summed E-state index contributed by atoms with van der Waals surface area (Å²) < 4.78 is 5.26. The number of rotatable bonds is 2. The first kappa shape index (κ1) is 11.0. The van der Waals surface area contributed by atoms with E-state index in [4.69, 9.17) is 4.74 Å². The zero-order valence-corrected chi connectivity index (χ0v) is 10.4. The number of aromatic nitrogens is 1. The van der Waals surface area contributed by atoms with Crippen LogP contribution in [0.1, 0.15) is 23.1 Å². The van der Waals surface area contributed by atoms with E-state index < -0.39 is 0 Å². The number of aryl methyl sites for hydroxylation is 1. The number of hydrogen-bond acceptors (Lipinski definition) is 2. The van der Waals surface area contributed by atoms with Gasteiger partial charge in [0, 0.05) is 12.4 Å². The molecule has 2 aromatic rings. The molecule has 2 nitrogen and oxygen atoms in total. The molecule has 0 amide bonds. The third-order valence-corrected chi connectivity index (χ3v) is 3.35. The topological polar surface area (TPSA) is 22.1 Å². The fraction of sp³-hybridized carbons (Fsp3) is 0.188. The lowest BCUT2D eigenvalue weighted by Gasteiger charge is -2.04. The molecule has 1 aromatic carbocycles. The molecule has 0 saturated carbocycles. The van der Waals surface area contributed by atoms with Gasteiger partial charge in [-0.1, -0.05) is 12.1 Å². The highest BCUT2D eigenvalue weighted by atomic mass is 16.5. The standard InChI is InChI=1S/C16H15NO/c1-18-15-6-7-16-13(4-5-14(16)10-15)9-12-3-2-8-17-11-12/h2-3,6-11H,4-5H2,1H3/b13-9-. The number of methoxy groups -OCH3 is 1. The zero-order valence-electron chi connectivity index (χ0n) is 10.4. The van der Waals surface area contributed by atoms with E-state index in [2.05, 4.69) is 29.3 Å². The Balaban J connectivity index is 1.98. The molecule has 1 heterocycles. The number of pyridine rings is 1. The lowest BCUT2D eigenvalue weighted by molar-refractivity contribution is 0.414. The van der Waals surface area contributed by atoms with Crippen LogP contribution in [0.15, 0.2) is 42.7 Å². The van der Waals surface area contributed by atoms with Crippen LogP contribution < -0.4 is 4.74 Å². The lowest BCUT2D eigenvalue weighted by atomic mass is 10.1. The predicted molar refractivity (Wildman–Crippen MR) is 73.4 cm³/mol. The zero-order chi connectivity index (χ0) is 12.4. The van der Waals surface area contributed by atoms with Gasteiger partial charge in [0.2, 0.25) is 0 Å². The first-order chi connectivity index (χ1) is 8.86. The average molecular weight is 237 g/mol. The van der Waals surface area contributed by atoms with Gasteiger partial charge in [-0.15, -0.1) is 0 Å². The Bertz CT molecular complexity index is 587. The molecule has 0 spiro atoms. The van der Waals surface area contributed by atoms with Crippen LogP contribution in [0.5, 0.6) is 5.75 Å². The smallest absolute Gasteiger partial charge is 0.119 e. The van der Waals surface area contributed by atoms with Crippen LogP contribution in [0.25, 0.3) is 11.6 Å². The molecule has 0 N–H and O–H groups in total. The molecule has 0 saturated heterocycles. The Morgan fingerprint density at radius 3 is 2.94 bits per heavy atom. The molecule has 1 aliphatic rings. The summed E-state index contributed by atoms with van der Waals surface area (Å²) in [5.74, 6) is 0.941. The maximum Gasteiger partial charge on any atom is 0.119 e. The Morgan fingerprint density at radius 1 is 1.22 bits per heavy atom. The summed E-state index contributed by atoms with van der Waals surface area (Å²) >= 11 is 0. The van der Waals surface area contributed by atoms with Crippen molar-refractivity contribution < 1.29 is 4.74 Å². The fourth-order valence-corrected chi connectivity index (χ4v) is 2.43. The van der Waals surface area contributed by atoms with Crippen LogP contribution in [0.4, 0.5) is 0 Å². The molecule has 90 valence electrons. The minimum atomic E-state index is 0.941. The van der Waals surface area contributed by atoms with Gasteiger partial charge in [-0.2, -0.15) is 0 Å². The molecule has 1 aromatic heterocycles. The molecule has 1 aliphatic carbocycles. The van der Waals surface area contributed by atoms with Crippen molar-refractivity contribution in [3.05, 3.63) is 59.4 Å². The van der Waals surface area contributed by atoms with Gasteiger partial charge >= 0.3 is 0 Å². The van der Waals surface area contributed by atoms with Gasteiger partial charge in [-0.05, 0) is 59.4 Å². The number of benzene rings is 1. The van der Waals surface area contributed by atoms with Crippen molar-refractivity contribution in [3.8, 4) is 5.75 Å². The third kappa shape index (κ3) is 2.02. The Morgan fingerprint density at radius 2 is 2.17 bits per heavy atom. The molecule has 0 fully saturated rings. The summed E-state index contributed by atoms with van der Waals surface area (Å²) in [6, 6.07) is 10.4. The molecule has 0 bridgehead atoms. The van der Waals surface area contributed by atoms with Gasteiger partial charge in [0.1, 0.15) is 5.75 Å². The van der Waals surface area contributed by atoms with E-state index >= 15 is 0 Å². The van der Waals surface area contributed by atoms with Gasteiger partial charge in [0.25, 0.3) is 0 Å². The third-order valence-electron chi connectivity index (χ3n) is 3.35. The molecule has 3 rings (SSSR count). The summed E-state index contributed by atoms with van der Waals surface area (Å²) in [5, 5.41) is 0. The molecular weight excluding hydrogens is 222 g/mol. The van der Waals surface area contributed by atoms with Crippen molar-refractivity contribution in [2.45, 2.75) is 12.8 Å². The molecule has 0 aliphatic heterocycles. The monoisotopic (exact) mass is 237 g/mol. The first-order valence-corrected chi connectivity index (χ1v) is 6.15. The quantitative estimate of drug-likeness (QED) is 0.796. The predicted octanol–water partition coefficient (Wildman–Crippen LogP) is 3.58. The van der Waals surface area contributed by atoms with E-state index in [0.717, 1.165) is 24.2 Å². The largest absolute Gasteiger partial charge is 0.497 e. The van der Waals surface area contributed by atoms with E-state index in [0.29, 0.717) is 0 Å². The highest BCUT2D eigenvalue weighted by molar-refractivity contribution is 5.85. The Hall–Kier alpha value is -2.09. The Kier molecular flexibility index (Phi) is 2.85. The molecule has 0 atom stereocenters. The van der Waals surface area contributed by atoms with Crippen molar-refractivity contribution >= 4 is 11.6 Å². The van der Waals surface area contributed by atoms with Crippen LogP contribution in [0.2, 0.25) is 0 Å². The van der Waals surface area contributed by atoms with E-state index in [1.165, 1.54) is 16.7 Å². The van der Waals surface area contributed by atoms with Crippen LogP contribution in [0, 0.1) is 0 Å².